The fourth-order valence-corrected chi connectivity index (χ4v) is 3.16. The van der Waals surface area contributed by atoms with E-state index in [-0.39, 0.29) is 6.04 Å². The third kappa shape index (κ3) is 3.93. The zero-order valence-corrected chi connectivity index (χ0v) is 12.9. The first-order valence-electron chi connectivity index (χ1n) is 7.72. The van der Waals surface area contributed by atoms with Crippen LogP contribution in [0.5, 0.6) is 0 Å². The second-order valence-corrected chi connectivity index (χ2v) is 6.58. The van der Waals surface area contributed by atoms with Crippen LogP contribution in [0.1, 0.15) is 46.0 Å². The van der Waals surface area contributed by atoms with Crippen molar-refractivity contribution in [1.82, 2.24) is 10.2 Å². The van der Waals surface area contributed by atoms with E-state index in [0.29, 0.717) is 18.6 Å². The van der Waals surface area contributed by atoms with Crippen molar-refractivity contribution >= 4 is 5.97 Å². The lowest BCUT2D eigenvalue weighted by Gasteiger charge is -2.39. The number of piperidine rings is 1. The van der Waals surface area contributed by atoms with Crippen molar-refractivity contribution in [3.05, 3.63) is 0 Å². The maximum absolute atomic E-state index is 11.6. The first-order valence-corrected chi connectivity index (χ1v) is 7.72. The number of ether oxygens (including phenoxy) is 1. The first kappa shape index (κ1) is 15.7. The molecule has 2 rings (SSSR count). The van der Waals surface area contributed by atoms with Crippen molar-refractivity contribution in [1.29, 1.82) is 0 Å². The average Bonchev–Trinajstić information content (AvgIpc) is 3.22. The third-order valence-corrected chi connectivity index (χ3v) is 4.71. The Morgan fingerprint density at radius 1 is 1.40 bits per heavy atom. The number of likely N-dealkylation sites (tertiary alicyclic amines) is 1. The molecule has 0 bridgehead atoms. The Labute approximate surface area is 121 Å². The number of carboxylic acid groups (broad SMARTS) is 1. The van der Waals surface area contributed by atoms with Crippen molar-refractivity contribution in [3.8, 4) is 0 Å². The molecule has 0 aromatic heterocycles. The van der Waals surface area contributed by atoms with E-state index >= 15 is 0 Å². The lowest BCUT2D eigenvalue weighted by molar-refractivity contribution is -0.145. The Morgan fingerprint density at radius 3 is 2.45 bits per heavy atom. The van der Waals surface area contributed by atoms with Gasteiger partial charge in [0.2, 0.25) is 0 Å². The molecule has 1 heterocycles. The van der Waals surface area contributed by atoms with Crippen molar-refractivity contribution in [2.75, 3.05) is 20.2 Å². The largest absolute Gasteiger partial charge is 0.480 e. The van der Waals surface area contributed by atoms with Crippen LogP contribution in [-0.4, -0.2) is 59.9 Å². The van der Waals surface area contributed by atoms with Gasteiger partial charge in [-0.25, -0.2) is 0 Å². The van der Waals surface area contributed by atoms with E-state index in [4.69, 9.17) is 4.74 Å². The lowest BCUT2D eigenvalue weighted by atomic mass is 9.91. The summed E-state index contributed by atoms with van der Waals surface area (Å²) in [6.45, 7) is 5.96. The van der Waals surface area contributed by atoms with Crippen LogP contribution < -0.4 is 5.32 Å². The number of hydrogen-bond donors (Lipinski definition) is 2. The molecule has 0 aromatic rings. The Balaban J connectivity index is 1.87. The highest BCUT2D eigenvalue weighted by atomic mass is 16.5. The van der Waals surface area contributed by atoms with Crippen LogP contribution in [0.25, 0.3) is 0 Å². The number of nitrogens with zero attached hydrogens (tertiary/aromatic N) is 1. The summed E-state index contributed by atoms with van der Waals surface area (Å²) in [5.41, 5.74) is -0.807. The average molecular weight is 284 g/mol. The van der Waals surface area contributed by atoms with E-state index in [1.165, 1.54) is 0 Å². The fraction of sp³-hybridized carbons (Fsp3) is 0.933. The van der Waals surface area contributed by atoms with Gasteiger partial charge in [-0.2, -0.15) is 0 Å². The molecule has 5 nitrogen and oxygen atoms in total. The molecule has 2 atom stereocenters. The van der Waals surface area contributed by atoms with Gasteiger partial charge < -0.3 is 14.7 Å². The summed E-state index contributed by atoms with van der Waals surface area (Å²) < 4.78 is 5.39. The molecule has 1 saturated carbocycles. The Morgan fingerprint density at radius 2 is 2.00 bits per heavy atom. The van der Waals surface area contributed by atoms with Crippen LogP contribution in [0.15, 0.2) is 0 Å². The van der Waals surface area contributed by atoms with Gasteiger partial charge in [0.25, 0.3) is 0 Å². The van der Waals surface area contributed by atoms with E-state index in [2.05, 4.69) is 17.1 Å². The van der Waals surface area contributed by atoms with Crippen LogP contribution in [0.4, 0.5) is 0 Å². The molecule has 1 saturated heterocycles. The van der Waals surface area contributed by atoms with Crippen LogP contribution in [-0.2, 0) is 9.53 Å². The zero-order chi connectivity index (χ0) is 14.8. The maximum atomic E-state index is 11.6. The molecule has 116 valence electrons. The van der Waals surface area contributed by atoms with Crippen molar-refractivity contribution in [3.63, 3.8) is 0 Å². The zero-order valence-electron chi connectivity index (χ0n) is 12.9. The number of hydrogen-bond acceptors (Lipinski definition) is 4. The molecule has 0 aromatic carbocycles. The number of aliphatic carboxylic acids is 1. The number of rotatable bonds is 7. The summed E-state index contributed by atoms with van der Waals surface area (Å²) >= 11 is 0. The standard InChI is InChI=1S/C15H28N2O3/c1-11(17-8-6-13(20-3)7-9-17)10-15(2,14(18)19)16-12-4-5-12/h11-13,16H,4-10H2,1-3H3,(H,18,19). The second-order valence-electron chi connectivity index (χ2n) is 6.58. The summed E-state index contributed by atoms with van der Waals surface area (Å²) in [7, 11) is 1.77. The van der Waals surface area contributed by atoms with E-state index in [1.54, 1.807) is 7.11 Å². The molecule has 2 unspecified atom stereocenters. The molecule has 1 aliphatic heterocycles. The molecule has 20 heavy (non-hydrogen) atoms. The van der Waals surface area contributed by atoms with Gasteiger partial charge in [-0.3, -0.25) is 10.1 Å². The Kier molecular flexibility index (Phi) is 5.04. The highest BCUT2D eigenvalue weighted by molar-refractivity contribution is 5.78. The smallest absolute Gasteiger partial charge is 0.323 e. The first-order chi connectivity index (χ1) is 9.44. The highest BCUT2D eigenvalue weighted by Gasteiger charge is 2.40. The Bertz CT molecular complexity index is 338. The highest BCUT2D eigenvalue weighted by Crippen LogP contribution is 2.27. The summed E-state index contributed by atoms with van der Waals surface area (Å²) in [6, 6.07) is 0.683. The monoisotopic (exact) mass is 284 g/mol. The number of nitrogens with one attached hydrogen (secondary N) is 1. The topological polar surface area (TPSA) is 61.8 Å². The fourth-order valence-electron chi connectivity index (χ4n) is 3.16. The summed E-state index contributed by atoms with van der Waals surface area (Å²) in [4.78, 5) is 14.0. The molecule has 5 heteroatoms. The molecule has 2 aliphatic rings. The van der Waals surface area contributed by atoms with Crippen LogP contribution in [0.2, 0.25) is 0 Å². The predicted molar refractivity (Wildman–Crippen MR) is 77.9 cm³/mol. The third-order valence-electron chi connectivity index (χ3n) is 4.71. The van der Waals surface area contributed by atoms with Crippen molar-refractivity contribution in [2.45, 2.75) is 69.7 Å². The van der Waals surface area contributed by atoms with Crippen molar-refractivity contribution < 1.29 is 14.6 Å². The van der Waals surface area contributed by atoms with Crippen LogP contribution in [0, 0.1) is 0 Å². The summed E-state index contributed by atoms with van der Waals surface area (Å²) in [5, 5.41) is 12.8. The van der Waals surface area contributed by atoms with Crippen LogP contribution >= 0.6 is 0 Å². The second kappa shape index (κ2) is 6.41. The van der Waals surface area contributed by atoms with E-state index in [0.717, 1.165) is 38.8 Å². The molecular formula is C15H28N2O3. The SMILES string of the molecule is COC1CCN(C(C)CC(C)(NC2CC2)C(=O)O)CC1. The van der Waals surface area contributed by atoms with Gasteiger partial charge in [-0.15, -0.1) is 0 Å². The minimum absolute atomic E-state index is 0.278. The maximum Gasteiger partial charge on any atom is 0.323 e. The number of methoxy groups -OCH3 is 1. The Hall–Kier alpha value is -0.650. The summed E-state index contributed by atoms with van der Waals surface area (Å²) in [6.07, 6.45) is 5.32. The van der Waals surface area contributed by atoms with Gasteiger partial charge in [0.1, 0.15) is 5.54 Å². The molecule has 0 radical (unpaired) electrons. The predicted octanol–water partition coefficient (Wildman–Crippen LogP) is 1.47. The number of carbonyl (C=O) groups is 1. The minimum atomic E-state index is -0.807. The molecular weight excluding hydrogens is 256 g/mol. The van der Waals surface area contributed by atoms with E-state index < -0.39 is 11.5 Å². The molecule has 0 amide bonds. The minimum Gasteiger partial charge on any atom is -0.480 e. The van der Waals surface area contributed by atoms with Crippen LogP contribution in [0.3, 0.4) is 0 Å². The van der Waals surface area contributed by atoms with Gasteiger partial charge in [-0.05, 0) is 46.0 Å². The van der Waals surface area contributed by atoms with Gasteiger partial charge in [0, 0.05) is 32.3 Å². The van der Waals surface area contributed by atoms with Gasteiger partial charge in [0.05, 0.1) is 6.10 Å². The molecule has 2 fully saturated rings. The normalized spacial score (nSPS) is 26.1. The molecule has 0 spiro atoms. The summed E-state index contributed by atoms with van der Waals surface area (Å²) in [5.74, 6) is -0.733. The van der Waals surface area contributed by atoms with E-state index in [1.807, 2.05) is 6.92 Å². The quantitative estimate of drug-likeness (QED) is 0.741. The number of carboxylic acids is 1. The van der Waals surface area contributed by atoms with Gasteiger partial charge in [-0.1, -0.05) is 0 Å². The van der Waals surface area contributed by atoms with Gasteiger partial charge >= 0.3 is 5.97 Å². The molecule has 2 N–H and O–H groups in total. The van der Waals surface area contributed by atoms with Crippen molar-refractivity contribution in [2.24, 2.45) is 0 Å². The molecule has 1 aliphatic carbocycles. The lowest BCUT2D eigenvalue weighted by Crippen LogP contribution is -2.55. The van der Waals surface area contributed by atoms with E-state index in [9.17, 15) is 9.90 Å². The van der Waals surface area contributed by atoms with Gasteiger partial charge in [0.15, 0.2) is 0 Å².